The van der Waals surface area contributed by atoms with Crippen LogP contribution in [-0.2, 0) is 0 Å². The summed E-state index contributed by atoms with van der Waals surface area (Å²) in [4.78, 5) is 15.5. The molecule has 0 unspecified atom stereocenters. The van der Waals surface area contributed by atoms with Gasteiger partial charge in [-0.25, -0.2) is 4.98 Å². The highest BCUT2D eigenvalue weighted by molar-refractivity contribution is 5.94. The Morgan fingerprint density at radius 2 is 1.89 bits per heavy atom. The molecule has 7 heteroatoms. The van der Waals surface area contributed by atoms with E-state index in [0.29, 0.717) is 5.95 Å². The number of aromatic amines is 2. The van der Waals surface area contributed by atoms with E-state index in [-0.39, 0.29) is 0 Å². The van der Waals surface area contributed by atoms with Crippen molar-refractivity contribution in [2.24, 2.45) is 0 Å². The molecule has 0 aliphatic carbocycles. The van der Waals surface area contributed by atoms with Gasteiger partial charge in [0.2, 0.25) is 5.95 Å². The quantitative estimate of drug-likeness (QED) is 0.405. The van der Waals surface area contributed by atoms with Gasteiger partial charge < -0.3 is 24.8 Å². The lowest BCUT2D eigenvalue weighted by atomic mass is 10.3. The van der Waals surface area contributed by atoms with E-state index in [1.165, 1.54) is 0 Å². The molecule has 7 nitrogen and oxygen atoms in total. The second-order valence-electron chi connectivity index (χ2n) is 6.24. The molecule has 0 bridgehead atoms. The number of ether oxygens (including phenoxy) is 2. The average Bonchev–Trinajstić information content (AvgIpc) is 3.32. The smallest absolute Gasteiger partial charge is 0.205 e. The molecule has 0 fully saturated rings. The highest BCUT2D eigenvalue weighted by Gasteiger charge is 2.11. The van der Waals surface area contributed by atoms with Crippen LogP contribution in [0.3, 0.4) is 0 Å². The number of rotatable bonds is 5. The maximum atomic E-state index is 5.89. The fourth-order valence-corrected chi connectivity index (χ4v) is 3.13. The number of hydrogen-bond donors (Lipinski definition) is 3. The average molecular weight is 371 g/mol. The number of nitrogens with zero attached hydrogens (tertiary/aromatic N) is 2. The summed E-state index contributed by atoms with van der Waals surface area (Å²) in [6.45, 7) is 0. The molecular formula is C21H17N5O2. The first kappa shape index (κ1) is 16.2. The van der Waals surface area contributed by atoms with E-state index in [9.17, 15) is 0 Å². The summed E-state index contributed by atoms with van der Waals surface area (Å²) in [5.41, 5.74) is 4.15. The molecule has 5 aromatic rings. The summed E-state index contributed by atoms with van der Waals surface area (Å²) >= 11 is 0. The molecule has 0 aliphatic heterocycles. The van der Waals surface area contributed by atoms with Gasteiger partial charge in [-0.05, 0) is 24.3 Å². The maximum absolute atomic E-state index is 5.89. The first-order valence-corrected chi connectivity index (χ1v) is 8.80. The van der Waals surface area contributed by atoms with E-state index in [2.05, 4.69) is 25.3 Å². The Hall–Kier alpha value is -4.00. The van der Waals surface area contributed by atoms with Crippen LogP contribution in [0.5, 0.6) is 17.2 Å². The number of hydrogen-bond acceptors (Lipinski definition) is 5. The molecule has 5 rings (SSSR count). The lowest BCUT2D eigenvalue weighted by Crippen LogP contribution is -1.92. The Balaban J connectivity index is 1.44. The van der Waals surface area contributed by atoms with Crippen molar-refractivity contribution in [3.63, 3.8) is 0 Å². The molecule has 0 spiro atoms. The van der Waals surface area contributed by atoms with E-state index >= 15 is 0 Å². The predicted molar refractivity (Wildman–Crippen MR) is 109 cm³/mol. The molecule has 0 aliphatic rings. The van der Waals surface area contributed by atoms with Gasteiger partial charge in [0.15, 0.2) is 0 Å². The van der Waals surface area contributed by atoms with Gasteiger partial charge >= 0.3 is 0 Å². The van der Waals surface area contributed by atoms with Crippen molar-refractivity contribution in [1.82, 2.24) is 19.9 Å². The zero-order chi connectivity index (χ0) is 18.9. The normalized spacial score (nSPS) is 11.0. The van der Waals surface area contributed by atoms with Crippen LogP contribution in [0.15, 0.2) is 67.0 Å². The van der Waals surface area contributed by atoms with Crippen LogP contribution in [0.2, 0.25) is 0 Å². The number of nitrogens with one attached hydrogen (secondary N) is 3. The van der Waals surface area contributed by atoms with Crippen molar-refractivity contribution < 1.29 is 9.47 Å². The molecule has 2 aromatic carbocycles. The Morgan fingerprint density at radius 3 is 2.75 bits per heavy atom. The minimum Gasteiger partial charge on any atom is -0.494 e. The van der Waals surface area contributed by atoms with Crippen LogP contribution in [0.25, 0.3) is 22.1 Å². The molecule has 3 aromatic heterocycles. The minimum absolute atomic E-state index is 0.623. The molecule has 0 atom stereocenters. The molecule has 0 saturated carbocycles. The lowest BCUT2D eigenvalue weighted by Gasteiger charge is -2.04. The van der Waals surface area contributed by atoms with Crippen LogP contribution in [-0.4, -0.2) is 27.0 Å². The minimum atomic E-state index is 0.623. The van der Waals surface area contributed by atoms with E-state index in [1.54, 1.807) is 13.3 Å². The van der Waals surface area contributed by atoms with Crippen LogP contribution in [0.1, 0.15) is 0 Å². The van der Waals surface area contributed by atoms with Crippen molar-refractivity contribution in [3.05, 3.63) is 67.0 Å². The molecular weight excluding hydrogens is 354 g/mol. The van der Waals surface area contributed by atoms with Gasteiger partial charge in [-0.15, -0.1) is 0 Å². The summed E-state index contributed by atoms with van der Waals surface area (Å²) < 4.78 is 11.3. The van der Waals surface area contributed by atoms with Crippen molar-refractivity contribution in [1.29, 1.82) is 0 Å². The van der Waals surface area contributed by atoms with Gasteiger partial charge in [-0.2, -0.15) is 0 Å². The summed E-state index contributed by atoms with van der Waals surface area (Å²) in [6, 6.07) is 17.2. The SMILES string of the molecule is COc1ccnc2c(Nc3nc4ccc(Oc5ccccc5)cc4[nH]3)c[nH]c12. The Labute approximate surface area is 160 Å². The highest BCUT2D eigenvalue weighted by Crippen LogP contribution is 2.30. The molecule has 0 amide bonds. The number of aromatic nitrogens is 4. The van der Waals surface area contributed by atoms with Gasteiger partial charge in [-0.1, -0.05) is 18.2 Å². The number of anilines is 2. The third-order valence-corrected chi connectivity index (χ3v) is 4.43. The molecule has 28 heavy (non-hydrogen) atoms. The molecule has 3 heterocycles. The van der Waals surface area contributed by atoms with Crippen molar-refractivity contribution in [2.45, 2.75) is 0 Å². The van der Waals surface area contributed by atoms with Crippen LogP contribution in [0.4, 0.5) is 11.6 Å². The monoisotopic (exact) mass is 371 g/mol. The Morgan fingerprint density at radius 1 is 1.00 bits per heavy atom. The number of benzene rings is 2. The van der Waals surface area contributed by atoms with Crippen LogP contribution < -0.4 is 14.8 Å². The Bertz CT molecular complexity index is 1260. The number of methoxy groups -OCH3 is 1. The summed E-state index contributed by atoms with van der Waals surface area (Å²) in [5.74, 6) is 2.90. The fourth-order valence-electron chi connectivity index (χ4n) is 3.13. The van der Waals surface area contributed by atoms with Gasteiger partial charge in [0.05, 0.1) is 23.8 Å². The standard InChI is InChI=1S/C21H17N5O2/c1-27-18-9-10-22-19-17(12-23-20(18)19)26-21-24-15-8-7-14(11-16(15)25-21)28-13-5-3-2-4-6-13/h2-12,23H,1H3,(H2,24,25,26). The van der Waals surface area contributed by atoms with E-state index in [1.807, 2.05) is 60.8 Å². The number of H-pyrrole nitrogens is 2. The Kier molecular flexibility index (Phi) is 3.83. The molecule has 138 valence electrons. The zero-order valence-electron chi connectivity index (χ0n) is 15.1. The lowest BCUT2D eigenvalue weighted by molar-refractivity contribution is 0.418. The number of pyridine rings is 1. The molecule has 0 saturated heterocycles. The van der Waals surface area contributed by atoms with Crippen molar-refractivity contribution >= 4 is 33.7 Å². The highest BCUT2D eigenvalue weighted by atomic mass is 16.5. The first-order valence-electron chi connectivity index (χ1n) is 8.80. The van der Waals surface area contributed by atoms with Crippen molar-refractivity contribution in [3.8, 4) is 17.2 Å². The zero-order valence-corrected chi connectivity index (χ0v) is 15.1. The van der Waals surface area contributed by atoms with E-state index < -0.39 is 0 Å². The third-order valence-electron chi connectivity index (χ3n) is 4.43. The van der Waals surface area contributed by atoms with Crippen LogP contribution >= 0.6 is 0 Å². The first-order chi connectivity index (χ1) is 13.8. The fraction of sp³-hybridized carbons (Fsp3) is 0.0476. The van der Waals surface area contributed by atoms with Gasteiger partial charge in [0.1, 0.15) is 28.3 Å². The number of fused-ring (bicyclic) bond motifs is 2. The molecule has 3 N–H and O–H groups in total. The van der Waals surface area contributed by atoms with Gasteiger partial charge in [0, 0.05) is 24.5 Å². The number of para-hydroxylation sites is 1. The summed E-state index contributed by atoms with van der Waals surface area (Å²) in [5, 5.41) is 3.28. The van der Waals surface area contributed by atoms with Gasteiger partial charge in [0.25, 0.3) is 0 Å². The largest absolute Gasteiger partial charge is 0.494 e. The third kappa shape index (κ3) is 2.88. The summed E-state index contributed by atoms with van der Waals surface area (Å²) in [7, 11) is 1.64. The van der Waals surface area contributed by atoms with E-state index in [4.69, 9.17) is 9.47 Å². The number of imidazole rings is 1. The van der Waals surface area contributed by atoms with Gasteiger partial charge in [-0.3, -0.25) is 4.98 Å². The van der Waals surface area contributed by atoms with Crippen molar-refractivity contribution in [2.75, 3.05) is 12.4 Å². The topological polar surface area (TPSA) is 87.8 Å². The predicted octanol–water partition coefficient (Wildman–Crippen LogP) is 4.98. The molecule has 0 radical (unpaired) electrons. The second kappa shape index (κ2) is 6.62. The maximum Gasteiger partial charge on any atom is 0.205 e. The summed E-state index contributed by atoms with van der Waals surface area (Å²) in [6.07, 6.45) is 3.56. The van der Waals surface area contributed by atoms with E-state index in [0.717, 1.165) is 45.0 Å². The second-order valence-corrected chi connectivity index (χ2v) is 6.24. The van der Waals surface area contributed by atoms with Crippen LogP contribution in [0, 0.1) is 0 Å².